The van der Waals surface area contributed by atoms with Gasteiger partial charge in [-0.15, -0.1) is 0 Å². The lowest BCUT2D eigenvalue weighted by molar-refractivity contribution is -0.146. The summed E-state index contributed by atoms with van der Waals surface area (Å²) in [7, 11) is 4.81. The highest BCUT2D eigenvalue weighted by atomic mass is 16.6. The molecule has 0 unspecified atom stereocenters. The topological polar surface area (TPSA) is 107 Å². The minimum absolute atomic E-state index is 0.0593. The Labute approximate surface area is 165 Å². The Balaban J connectivity index is 1.52. The molecule has 3 aromatic rings. The van der Waals surface area contributed by atoms with Gasteiger partial charge in [-0.2, -0.15) is 0 Å². The fourth-order valence-electron chi connectivity index (χ4n) is 2.86. The second-order valence-corrected chi connectivity index (χ2v) is 6.36. The molecule has 0 saturated carbocycles. The number of carbonyl (C=O) groups excluding carboxylic acids is 1. The van der Waals surface area contributed by atoms with Crippen LogP contribution in [0.3, 0.4) is 0 Å². The molecule has 0 aliphatic rings. The third kappa shape index (κ3) is 4.31. The lowest BCUT2D eigenvalue weighted by Gasteiger charge is -2.10. The van der Waals surface area contributed by atoms with Gasteiger partial charge in [0.2, 0.25) is 0 Å². The van der Waals surface area contributed by atoms with Crippen LogP contribution in [0.4, 0.5) is 0 Å². The highest BCUT2D eigenvalue weighted by molar-refractivity contribution is 5.71. The van der Waals surface area contributed by atoms with Crippen molar-refractivity contribution in [1.82, 2.24) is 18.7 Å². The van der Waals surface area contributed by atoms with Gasteiger partial charge in [0, 0.05) is 20.6 Å². The molecule has 0 fully saturated rings. The highest BCUT2D eigenvalue weighted by Gasteiger charge is 2.14. The number of aromatic nitrogens is 4. The zero-order valence-corrected chi connectivity index (χ0v) is 16.5. The van der Waals surface area contributed by atoms with E-state index in [4.69, 9.17) is 14.2 Å². The SMILES string of the molecule is COc1ccc(OCC(=O)OCCCn2c(=O)c3c(ncn3C)n(C)c2=O)cc1. The molecule has 0 spiro atoms. The first kappa shape index (κ1) is 20.2. The maximum absolute atomic E-state index is 12.6. The maximum Gasteiger partial charge on any atom is 0.344 e. The van der Waals surface area contributed by atoms with E-state index in [0.717, 1.165) is 4.57 Å². The second kappa shape index (κ2) is 8.63. The van der Waals surface area contributed by atoms with Gasteiger partial charge >= 0.3 is 11.7 Å². The zero-order chi connectivity index (χ0) is 21.0. The summed E-state index contributed by atoms with van der Waals surface area (Å²) in [5.41, 5.74) is -0.203. The van der Waals surface area contributed by atoms with Gasteiger partial charge in [-0.05, 0) is 30.7 Å². The molecule has 0 aliphatic heterocycles. The molecule has 2 heterocycles. The molecule has 0 amide bonds. The summed E-state index contributed by atoms with van der Waals surface area (Å²) in [5, 5.41) is 0. The van der Waals surface area contributed by atoms with E-state index in [2.05, 4.69) is 4.98 Å². The summed E-state index contributed by atoms with van der Waals surface area (Å²) in [6.07, 6.45) is 1.80. The number of imidazole rings is 1. The molecule has 0 aliphatic carbocycles. The van der Waals surface area contributed by atoms with E-state index in [-0.39, 0.29) is 19.8 Å². The van der Waals surface area contributed by atoms with Crippen molar-refractivity contribution in [1.29, 1.82) is 0 Å². The van der Waals surface area contributed by atoms with E-state index in [1.54, 1.807) is 50.0 Å². The van der Waals surface area contributed by atoms with E-state index in [9.17, 15) is 14.4 Å². The molecule has 1 aromatic carbocycles. The monoisotopic (exact) mass is 402 g/mol. The lowest BCUT2D eigenvalue weighted by Crippen LogP contribution is -2.39. The molecule has 2 aromatic heterocycles. The predicted molar refractivity (Wildman–Crippen MR) is 104 cm³/mol. The average molecular weight is 402 g/mol. The maximum atomic E-state index is 12.6. The molecule has 0 N–H and O–H groups in total. The number of fused-ring (bicyclic) bond motifs is 1. The van der Waals surface area contributed by atoms with Crippen molar-refractivity contribution in [3.63, 3.8) is 0 Å². The van der Waals surface area contributed by atoms with Crippen LogP contribution in [0.15, 0.2) is 40.2 Å². The largest absolute Gasteiger partial charge is 0.497 e. The van der Waals surface area contributed by atoms with Gasteiger partial charge in [-0.3, -0.25) is 13.9 Å². The van der Waals surface area contributed by atoms with E-state index in [1.165, 1.54) is 10.9 Å². The Morgan fingerprint density at radius 2 is 1.79 bits per heavy atom. The van der Waals surface area contributed by atoms with Crippen LogP contribution in [0.5, 0.6) is 11.5 Å². The molecule has 29 heavy (non-hydrogen) atoms. The van der Waals surface area contributed by atoms with Crippen molar-refractivity contribution in [2.75, 3.05) is 20.3 Å². The second-order valence-electron chi connectivity index (χ2n) is 6.36. The molecular formula is C19H22N4O6. The number of hydrogen-bond donors (Lipinski definition) is 0. The average Bonchev–Trinajstić information content (AvgIpc) is 3.12. The number of hydrogen-bond acceptors (Lipinski definition) is 7. The van der Waals surface area contributed by atoms with E-state index < -0.39 is 17.2 Å². The van der Waals surface area contributed by atoms with Crippen LogP contribution in [-0.4, -0.2) is 45.0 Å². The quantitative estimate of drug-likeness (QED) is 0.398. The fourth-order valence-corrected chi connectivity index (χ4v) is 2.86. The third-order valence-corrected chi connectivity index (χ3v) is 4.41. The summed E-state index contributed by atoms with van der Waals surface area (Å²) in [5.74, 6) is 0.663. The third-order valence-electron chi connectivity index (χ3n) is 4.41. The lowest BCUT2D eigenvalue weighted by atomic mass is 10.3. The van der Waals surface area contributed by atoms with E-state index in [0.29, 0.717) is 29.1 Å². The minimum atomic E-state index is -0.539. The first-order valence-electron chi connectivity index (χ1n) is 8.95. The Hall–Kier alpha value is -3.56. The van der Waals surface area contributed by atoms with Crippen molar-refractivity contribution < 1.29 is 19.0 Å². The van der Waals surface area contributed by atoms with Crippen LogP contribution in [0.2, 0.25) is 0 Å². The van der Waals surface area contributed by atoms with Crippen LogP contribution in [-0.2, 0) is 30.2 Å². The summed E-state index contributed by atoms with van der Waals surface area (Å²) in [6.45, 7) is -0.0575. The number of aryl methyl sites for hydroxylation is 2. The molecular weight excluding hydrogens is 380 g/mol. The molecule has 10 nitrogen and oxygen atoms in total. The van der Waals surface area contributed by atoms with Crippen molar-refractivity contribution in [2.45, 2.75) is 13.0 Å². The van der Waals surface area contributed by atoms with Gasteiger partial charge in [0.15, 0.2) is 17.8 Å². The van der Waals surface area contributed by atoms with Crippen LogP contribution in [0.1, 0.15) is 6.42 Å². The number of nitrogens with zero attached hydrogens (tertiary/aromatic N) is 4. The zero-order valence-electron chi connectivity index (χ0n) is 16.5. The normalized spacial score (nSPS) is 10.9. The summed E-state index contributed by atoms with van der Waals surface area (Å²) >= 11 is 0. The highest BCUT2D eigenvalue weighted by Crippen LogP contribution is 2.16. The standard InChI is InChI=1S/C19H22N4O6/c1-21-12-20-17-16(21)18(25)23(19(26)22(17)2)9-4-10-28-15(24)11-29-14-7-5-13(27-3)6-8-14/h5-8,12H,4,9-11H2,1-3H3. The molecule has 0 radical (unpaired) electrons. The van der Waals surface area contributed by atoms with Crippen molar-refractivity contribution in [3.8, 4) is 11.5 Å². The minimum Gasteiger partial charge on any atom is -0.497 e. The van der Waals surface area contributed by atoms with Gasteiger partial charge in [0.1, 0.15) is 11.5 Å². The Bertz CT molecular complexity index is 1130. The van der Waals surface area contributed by atoms with Crippen LogP contribution < -0.4 is 20.7 Å². The number of esters is 1. The van der Waals surface area contributed by atoms with Gasteiger partial charge in [-0.1, -0.05) is 0 Å². The Morgan fingerprint density at radius 1 is 1.10 bits per heavy atom. The van der Waals surface area contributed by atoms with Crippen molar-refractivity contribution in [3.05, 3.63) is 51.4 Å². The Kier molecular flexibility index (Phi) is 6.01. The number of rotatable bonds is 8. The van der Waals surface area contributed by atoms with Gasteiger partial charge in [0.05, 0.1) is 20.0 Å². The van der Waals surface area contributed by atoms with E-state index >= 15 is 0 Å². The number of ether oxygens (including phenoxy) is 3. The Morgan fingerprint density at radius 3 is 2.48 bits per heavy atom. The number of methoxy groups -OCH3 is 1. The van der Waals surface area contributed by atoms with Gasteiger partial charge in [0.25, 0.3) is 5.56 Å². The number of benzene rings is 1. The van der Waals surface area contributed by atoms with E-state index in [1.807, 2.05) is 0 Å². The predicted octanol–water partition coefficient (Wildman–Crippen LogP) is 0.455. The van der Waals surface area contributed by atoms with Gasteiger partial charge in [-0.25, -0.2) is 14.6 Å². The molecule has 0 saturated heterocycles. The molecule has 0 atom stereocenters. The first-order valence-corrected chi connectivity index (χ1v) is 8.95. The summed E-state index contributed by atoms with van der Waals surface area (Å²) in [6, 6.07) is 6.81. The van der Waals surface area contributed by atoms with Crippen LogP contribution >= 0.6 is 0 Å². The number of carbonyl (C=O) groups is 1. The fraction of sp³-hybridized carbons (Fsp3) is 0.368. The van der Waals surface area contributed by atoms with Crippen LogP contribution in [0, 0.1) is 0 Å². The first-order chi connectivity index (χ1) is 13.9. The van der Waals surface area contributed by atoms with Crippen molar-refractivity contribution >= 4 is 17.1 Å². The molecule has 154 valence electrons. The molecule has 10 heteroatoms. The van der Waals surface area contributed by atoms with Crippen LogP contribution in [0.25, 0.3) is 11.2 Å². The smallest absolute Gasteiger partial charge is 0.344 e. The van der Waals surface area contributed by atoms with Gasteiger partial charge < -0.3 is 18.8 Å². The summed E-state index contributed by atoms with van der Waals surface area (Å²) in [4.78, 5) is 40.8. The molecule has 0 bridgehead atoms. The molecule has 3 rings (SSSR count). The summed E-state index contributed by atoms with van der Waals surface area (Å²) < 4.78 is 19.5. The van der Waals surface area contributed by atoms with Crippen molar-refractivity contribution in [2.24, 2.45) is 14.1 Å².